The monoisotopic (exact) mass is 492 g/mol. The Kier molecular flexibility index (Phi) is 8.37. The van der Waals surface area contributed by atoms with Crippen LogP contribution in [0.5, 0.6) is 0 Å². The van der Waals surface area contributed by atoms with Gasteiger partial charge in [0.2, 0.25) is 5.91 Å². The number of carbonyl (C=O) groups is 3. The molecule has 0 bridgehead atoms. The zero-order valence-corrected chi connectivity index (χ0v) is 19.1. The van der Waals surface area contributed by atoms with Crippen LogP contribution in [-0.4, -0.2) is 48.9 Å². The van der Waals surface area contributed by atoms with Gasteiger partial charge in [-0.15, -0.1) is 0 Å². The summed E-state index contributed by atoms with van der Waals surface area (Å²) in [5.74, 6) is -6.10. The van der Waals surface area contributed by atoms with E-state index in [1.54, 1.807) is 0 Å². The maximum atomic E-state index is 12.7. The van der Waals surface area contributed by atoms with Crippen molar-refractivity contribution < 1.29 is 37.4 Å². The Morgan fingerprint density at radius 2 is 1.57 bits per heavy atom. The number of hydrogen-bond acceptors (Lipinski definition) is 4. The van der Waals surface area contributed by atoms with Crippen molar-refractivity contribution in [2.24, 2.45) is 11.8 Å². The molecule has 0 saturated heterocycles. The number of ether oxygens (including phenoxy) is 1. The van der Waals surface area contributed by atoms with Gasteiger partial charge >= 0.3 is 18.2 Å². The number of carboxylic acids is 1. The molecule has 3 N–H and O–H groups in total. The van der Waals surface area contributed by atoms with E-state index in [2.05, 4.69) is 5.32 Å². The van der Waals surface area contributed by atoms with E-state index < -0.39 is 42.5 Å². The van der Waals surface area contributed by atoms with Gasteiger partial charge in [-0.25, -0.2) is 4.79 Å². The minimum Gasteiger partial charge on any atom is -0.481 e. The lowest BCUT2D eigenvalue weighted by Crippen LogP contribution is -2.42. The molecule has 188 valence electrons. The Morgan fingerprint density at radius 3 is 2.11 bits per heavy atom. The molecule has 0 fully saturated rings. The Labute approximate surface area is 200 Å². The van der Waals surface area contributed by atoms with Gasteiger partial charge in [0.25, 0.3) is 0 Å². The normalized spacial score (nSPS) is 14.4. The molecule has 0 aromatic heterocycles. The van der Waals surface area contributed by atoms with Gasteiger partial charge in [-0.05, 0) is 35.1 Å². The molecule has 35 heavy (non-hydrogen) atoms. The van der Waals surface area contributed by atoms with Crippen molar-refractivity contribution in [1.29, 1.82) is 0 Å². The predicted molar refractivity (Wildman–Crippen MR) is 122 cm³/mol. The molecule has 2 aromatic carbocycles. The summed E-state index contributed by atoms with van der Waals surface area (Å²) in [5, 5.41) is 13.3. The highest BCUT2D eigenvalue weighted by molar-refractivity contribution is 5.80. The molecular weight excluding hydrogens is 465 g/mol. The topological polar surface area (TPSA) is 105 Å². The van der Waals surface area contributed by atoms with Crippen molar-refractivity contribution in [1.82, 2.24) is 10.6 Å². The summed E-state index contributed by atoms with van der Waals surface area (Å²) in [6.45, 7) is 0.878. The summed E-state index contributed by atoms with van der Waals surface area (Å²) in [7, 11) is 0. The number of aliphatic carboxylic acids is 1. The van der Waals surface area contributed by atoms with Gasteiger partial charge in [0.15, 0.2) is 5.92 Å². The van der Waals surface area contributed by atoms with Crippen molar-refractivity contribution in [3.05, 3.63) is 59.7 Å². The van der Waals surface area contributed by atoms with Crippen LogP contribution in [0.4, 0.5) is 18.0 Å². The maximum Gasteiger partial charge on any atom is 0.407 e. The van der Waals surface area contributed by atoms with Crippen molar-refractivity contribution in [3.63, 3.8) is 0 Å². The maximum absolute atomic E-state index is 12.7. The highest BCUT2D eigenvalue weighted by Crippen LogP contribution is 2.44. The number of alkyl halides is 3. The molecule has 0 spiro atoms. The summed E-state index contributed by atoms with van der Waals surface area (Å²) in [6.07, 6.45) is -4.87. The van der Waals surface area contributed by atoms with Crippen LogP contribution in [-0.2, 0) is 14.3 Å². The van der Waals surface area contributed by atoms with E-state index in [0.29, 0.717) is 12.8 Å². The van der Waals surface area contributed by atoms with Crippen LogP contribution in [0, 0.1) is 11.8 Å². The van der Waals surface area contributed by atoms with Gasteiger partial charge in [-0.2, -0.15) is 13.2 Å². The van der Waals surface area contributed by atoms with Crippen molar-refractivity contribution in [2.75, 3.05) is 19.7 Å². The second-order valence-electron chi connectivity index (χ2n) is 8.47. The first-order valence-electron chi connectivity index (χ1n) is 11.3. The molecule has 0 saturated carbocycles. The van der Waals surface area contributed by atoms with Crippen LogP contribution in [0.1, 0.15) is 36.8 Å². The molecule has 2 amide bonds. The van der Waals surface area contributed by atoms with Gasteiger partial charge in [-0.1, -0.05) is 55.5 Å². The molecule has 0 aliphatic heterocycles. The number of fused-ring (bicyclic) bond motifs is 3. The van der Waals surface area contributed by atoms with Crippen molar-refractivity contribution >= 4 is 18.0 Å². The average Bonchev–Trinajstić information content (AvgIpc) is 3.13. The van der Waals surface area contributed by atoms with E-state index in [1.807, 2.05) is 53.8 Å². The Morgan fingerprint density at radius 1 is 1.00 bits per heavy atom. The van der Waals surface area contributed by atoms with E-state index >= 15 is 0 Å². The summed E-state index contributed by atoms with van der Waals surface area (Å²) in [6, 6.07) is 15.9. The molecule has 2 atom stereocenters. The lowest BCUT2D eigenvalue weighted by molar-refractivity contribution is -0.192. The van der Waals surface area contributed by atoms with Crippen LogP contribution >= 0.6 is 0 Å². The largest absolute Gasteiger partial charge is 0.481 e. The molecule has 3 rings (SSSR count). The molecular formula is C25H27F3N2O5. The average molecular weight is 492 g/mol. The number of rotatable bonds is 10. The fourth-order valence-electron chi connectivity index (χ4n) is 4.10. The third kappa shape index (κ3) is 6.52. The predicted octanol–water partition coefficient (Wildman–Crippen LogP) is 4.32. The highest BCUT2D eigenvalue weighted by atomic mass is 19.4. The van der Waals surface area contributed by atoms with E-state index in [-0.39, 0.29) is 19.1 Å². The first-order chi connectivity index (χ1) is 16.6. The third-order valence-electron chi connectivity index (χ3n) is 6.05. The minimum atomic E-state index is -4.95. The molecule has 1 aliphatic rings. The van der Waals surface area contributed by atoms with Crippen molar-refractivity contribution in [3.8, 4) is 11.1 Å². The Hall–Kier alpha value is -3.56. The quantitative estimate of drug-likeness (QED) is 0.429. The van der Waals surface area contributed by atoms with Crippen LogP contribution in [0.25, 0.3) is 11.1 Å². The first kappa shape index (κ1) is 26.1. The Bertz CT molecular complexity index is 1030. The van der Waals surface area contributed by atoms with E-state index in [4.69, 9.17) is 9.84 Å². The fraction of sp³-hybridized carbons (Fsp3) is 0.400. The number of alkyl carbamates (subject to hydrolysis) is 1. The first-order valence-corrected chi connectivity index (χ1v) is 11.3. The number of halogens is 3. The second kappa shape index (κ2) is 11.2. The lowest BCUT2D eigenvalue weighted by atomic mass is 9.98. The summed E-state index contributed by atoms with van der Waals surface area (Å²) in [4.78, 5) is 34.9. The second-order valence-corrected chi connectivity index (χ2v) is 8.47. The van der Waals surface area contributed by atoms with Crippen LogP contribution < -0.4 is 10.6 Å². The van der Waals surface area contributed by atoms with Gasteiger partial charge < -0.3 is 20.5 Å². The smallest absolute Gasteiger partial charge is 0.407 e. The standard InChI is InChI=1S/C25H27F3N2O5/c1-15(22(31)30-13-21(23(32)33)25(26,27)28)7-6-12-29-24(34)35-14-20-18-10-4-2-8-16(18)17-9-3-5-11-19(17)20/h2-5,8-11,15,20-21H,6-7,12-14H2,1H3,(H,29,34)(H,30,31)(H,32,33). The van der Waals surface area contributed by atoms with E-state index in [0.717, 1.165) is 22.3 Å². The zero-order chi connectivity index (χ0) is 25.6. The lowest BCUT2D eigenvalue weighted by Gasteiger charge is -2.18. The number of carbonyl (C=O) groups excluding carboxylic acids is 2. The molecule has 7 nitrogen and oxygen atoms in total. The van der Waals surface area contributed by atoms with Gasteiger partial charge in [-0.3, -0.25) is 9.59 Å². The molecule has 2 aromatic rings. The molecule has 10 heteroatoms. The molecule has 1 aliphatic carbocycles. The van der Waals surface area contributed by atoms with Gasteiger partial charge in [0.05, 0.1) is 0 Å². The van der Waals surface area contributed by atoms with Crippen LogP contribution in [0.3, 0.4) is 0 Å². The summed E-state index contributed by atoms with van der Waals surface area (Å²) < 4.78 is 43.4. The van der Waals surface area contributed by atoms with E-state index in [9.17, 15) is 27.6 Å². The van der Waals surface area contributed by atoms with E-state index in [1.165, 1.54) is 6.92 Å². The summed E-state index contributed by atoms with van der Waals surface area (Å²) >= 11 is 0. The van der Waals surface area contributed by atoms with Crippen LogP contribution in [0.15, 0.2) is 48.5 Å². The Balaban J connectivity index is 1.39. The highest BCUT2D eigenvalue weighted by Gasteiger charge is 2.45. The van der Waals surface area contributed by atoms with Crippen LogP contribution in [0.2, 0.25) is 0 Å². The molecule has 2 unspecified atom stereocenters. The van der Waals surface area contributed by atoms with Gasteiger partial charge in [0.1, 0.15) is 6.61 Å². The number of benzene rings is 2. The molecule has 0 radical (unpaired) electrons. The summed E-state index contributed by atoms with van der Waals surface area (Å²) in [5.41, 5.74) is 4.43. The van der Waals surface area contributed by atoms with Crippen molar-refractivity contribution in [2.45, 2.75) is 31.9 Å². The number of nitrogens with one attached hydrogen (secondary N) is 2. The number of hydrogen-bond donors (Lipinski definition) is 3. The van der Waals surface area contributed by atoms with Gasteiger partial charge in [0, 0.05) is 24.9 Å². The number of amides is 2. The zero-order valence-electron chi connectivity index (χ0n) is 19.1. The third-order valence-corrected chi connectivity index (χ3v) is 6.05. The fourth-order valence-corrected chi connectivity index (χ4v) is 4.10. The molecule has 0 heterocycles. The SMILES string of the molecule is CC(CCCNC(=O)OCC1c2ccccc2-c2ccccc21)C(=O)NCC(C(=O)O)C(F)(F)F. The number of carboxylic acid groups (broad SMARTS) is 1. The minimum absolute atomic E-state index is 0.0665.